The summed E-state index contributed by atoms with van der Waals surface area (Å²) in [6, 6.07) is 6.66. The lowest BCUT2D eigenvalue weighted by Crippen LogP contribution is -2.41. The lowest BCUT2D eigenvalue weighted by atomic mass is 10.2. The number of nitrogens with zero attached hydrogens (tertiary/aromatic N) is 1. The molecule has 1 aliphatic heterocycles. The number of ether oxygens (including phenoxy) is 2. The van der Waals surface area contributed by atoms with Crippen molar-refractivity contribution in [1.82, 2.24) is 10.7 Å². The monoisotopic (exact) mass is 348 g/mol. The molecule has 0 bridgehead atoms. The number of nitrogens with two attached hydrogens (primary N) is 1. The number of hydrogen-bond acceptors (Lipinski definition) is 6. The van der Waals surface area contributed by atoms with Crippen LogP contribution in [0.15, 0.2) is 29.4 Å². The van der Waals surface area contributed by atoms with E-state index in [0.717, 1.165) is 12.8 Å². The second kappa shape index (κ2) is 9.38. The average molecular weight is 348 g/mol. The molecule has 1 saturated heterocycles. The Kier molecular flexibility index (Phi) is 6.90. The highest BCUT2D eigenvalue weighted by Gasteiger charge is 2.18. The van der Waals surface area contributed by atoms with Crippen LogP contribution < -0.4 is 21.2 Å². The van der Waals surface area contributed by atoms with Crippen LogP contribution in [-0.2, 0) is 19.1 Å². The molecule has 1 aromatic carbocycles. The molecule has 25 heavy (non-hydrogen) atoms. The van der Waals surface area contributed by atoms with Gasteiger partial charge < -0.3 is 20.5 Å². The highest BCUT2D eigenvalue weighted by atomic mass is 16.5. The minimum atomic E-state index is -0.865. The van der Waals surface area contributed by atoms with Crippen LogP contribution in [-0.4, -0.2) is 49.8 Å². The molecular formula is C16H20N4O5. The normalized spacial score (nSPS) is 16.6. The van der Waals surface area contributed by atoms with Crippen molar-refractivity contribution in [3.05, 3.63) is 29.8 Å². The van der Waals surface area contributed by atoms with Crippen molar-refractivity contribution in [2.45, 2.75) is 18.9 Å². The van der Waals surface area contributed by atoms with E-state index in [0.29, 0.717) is 24.5 Å². The molecule has 4 N–H and O–H groups in total. The van der Waals surface area contributed by atoms with Crippen LogP contribution in [0.1, 0.15) is 18.4 Å². The second-order valence-corrected chi connectivity index (χ2v) is 5.37. The SMILES string of the molecule is NC(=O)COc1cccc(/C=N\NC(=O)C(=O)NC[C@H]2CCCO2)c1. The summed E-state index contributed by atoms with van der Waals surface area (Å²) in [6.07, 6.45) is 3.14. The van der Waals surface area contributed by atoms with E-state index in [2.05, 4.69) is 15.8 Å². The summed E-state index contributed by atoms with van der Waals surface area (Å²) in [5.74, 6) is -1.79. The molecule has 1 atom stereocenters. The number of benzene rings is 1. The fourth-order valence-corrected chi connectivity index (χ4v) is 2.15. The number of carbonyl (C=O) groups is 3. The maximum atomic E-state index is 11.6. The Labute approximate surface area is 144 Å². The highest BCUT2D eigenvalue weighted by Crippen LogP contribution is 2.12. The van der Waals surface area contributed by atoms with E-state index in [1.165, 1.54) is 6.21 Å². The molecule has 9 nitrogen and oxygen atoms in total. The fraction of sp³-hybridized carbons (Fsp3) is 0.375. The molecule has 0 aliphatic carbocycles. The van der Waals surface area contributed by atoms with E-state index in [1.54, 1.807) is 24.3 Å². The van der Waals surface area contributed by atoms with Gasteiger partial charge in [0.05, 0.1) is 12.3 Å². The molecule has 1 fully saturated rings. The Morgan fingerprint density at radius 3 is 2.92 bits per heavy atom. The summed E-state index contributed by atoms with van der Waals surface area (Å²) < 4.78 is 10.5. The Hall–Kier alpha value is -2.94. The molecule has 3 amide bonds. The maximum absolute atomic E-state index is 11.6. The van der Waals surface area contributed by atoms with Crippen LogP contribution in [0.25, 0.3) is 0 Å². The van der Waals surface area contributed by atoms with Crippen LogP contribution in [0.5, 0.6) is 5.75 Å². The van der Waals surface area contributed by atoms with Gasteiger partial charge in [0.1, 0.15) is 5.75 Å². The maximum Gasteiger partial charge on any atom is 0.329 e. The minimum Gasteiger partial charge on any atom is -0.484 e. The van der Waals surface area contributed by atoms with E-state index in [1.807, 2.05) is 0 Å². The fourth-order valence-electron chi connectivity index (χ4n) is 2.15. The molecule has 9 heteroatoms. The van der Waals surface area contributed by atoms with Crippen molar-refractivity contribution < 1.29 is 23.9 Å². The first-order chi connectivity index (χ1) is 12.0. The molecule has 2 rings (SSSR count). The standard InChI is InChI=1S/C16H20N4O5/c17-14(21)10-25-12-4-1-3-11(7-12)8-19-20-16(23)15(22)18-9-13-5-2-6-24-13/h1,3-4,7-8,13H,2,5-6,9-10H2,(H2,17,21)(H,18,22)(H,20,23)/b19-8-/t13-/m1/s1. The number of rotatable bonds is 7. The van der Waals surface area contributed by atoms with Crippen LogP contribution in [0, 0.1) is 0 Å². The molecule has 0 aromatic heterocycles. The molecule has 1 heterocycles. The minimum absolute atomic E-state index is 0.0385. The van der Waals surface area contributed by atoms with Gasteiger partial charge in [-0.3, -0.25) is 14.4 Å². The Morgan fingerprint density at radius 1 is 1.36 bits per heavy atom. The summed E-state index contributed by atoms with van der Waals surface area (Å²) in [4.78, 5) is 33.9. The van der Waals surface area contributed by atoms with Gasteiger partial charge in [-0.15, -0.1) is 0 Å². The third kappa shape index (κ3) is 6.60. The zero-order valence-electron chi connectivity index (χ0n) is 13.6. The molecule has 134 valence electrons. The second-order valence-electron chi connectivity index (χ2n) is 5.37. The third-order valence-electron chi connectivity index (χ3n) is 3.34. The van der Waals surface area contributed by atoms with Crippen molar-refractivity contribution in [1.29, 1.82) is 0 Å². The number of amides is 3. The van der Waals surface area contributed by atoms with Crippen LogP contribution >= 0.6 is 0 Å². The van der Waals surface area contributed by atoms with E-state index < -0.39 is 17.7 Å². The number of hydrogen-bond donors (Lipinski definition) is 3. The first-order valence-corrected chi connectivity index (χ1v) is 7.78. The van der Waals surface area contributed by atoms with Gasteiger partial charge in [-0.1, -0.05) is 12.1 Å². The van der Waals surface area contributed by atoms with Gasteiger partial charge in [-0.25, -0.2) is 5.43 Å². The van der Waals surface area contributed by atoms with Crippen molar-refractivity contribution in [2.75, 3.05) is 19.8 Å². The van der Waals surface area contributed by atoms with E-state index in [4.69, 9.17) is 15.2 Å². The Bertz CT molecular complexity index is 656. The van der Waals surface area contributed by atoms with Crippen molar-refractivity contribution in [3.8, 4) is 5.75 Å². The molecule has 0 spiro atoms. The van der Waals surface area contributed by atoms with E-state index in [-0.39, 0.29) is 12.7 Å². The van der Waals surface area contributed by atoms with Gasteiger partial charge >= 0.3 is 11.8 Å². The van der Waals surface area contributed by atoms with Crippen LogP contribution in [0.4, 0.5) is 0 Å². The Balaban J connectivity index is 1.77. The zero-order chi connectivity index (χ0) is 18.1. The summed E-state index contributed by atoms with van der Waals surface area (Å²) in [5.41, 5.74) is 7.75. The average Bonchev–Trinajstić information content (AvgIpc) is 3.11. The summed E-state index contributed by atoms with van der Waals surface area (Å²) in [7, 11) is 0. The topological polar surface area (TPSA) is 132 Å². The lowest BCUT2D eigenvalue weighted by Gasteiger charge is -2.09. The zero-order valence-corrected chi connectivity index (χ0v) is 13.6. The predicted octanol–water partition coefficient (Wildman–Crippen LogP) is -0.704. The summed E-state index contributed by atoms with van der Waals surface area (Å²) in [5, 5.41) is 6.21. The Morgan fingerprint density at radius 2 is 2.20 bits per heavy atom. The number of nitrogens with one attached hydrogen (secondary N) is 2. The highest BCUT2D eigenvalue weighted by molar-refractivity contribution is 6.35. The van der Waals surface area contributed by atoms with Gasteiger partial charge in [0.2, 0.25) is 0 Å². The molecule has 0 saturated carbocycles. The van der Waals surface area contributed by atoms with Crippen LogP contribution in [0.2, 0.25) is 0 Å². The molecule has 0 unspecified atom stereocenters. The predicted molar refractivity (Wildman–Crippen MR) is 88.9 cm³/mol. The van der Waals surface area contributed by atoms with Crippen LogP contribution in [0.3, 0.4) is 0 Å². The van der Waals surface area contributed by atoms with Crippen molar-refractivity contribution in [3.63, 3.8) is 0 Å². The van der Waals surface area contributed by atoms with E-state index >= 15 is 0 Å². The first-order valence-electron chi connectivity index (χ1n) is 7.78. The van der Waals surface area contributed by atoms with Gasteiger partial charge in [0.25, 0.3) is 5.91 Å². The summed E-state index contributed by atoms with van der Waals surface area (Å²) in [6.45, 7) is 0.747. The van der Waals surface area contributed by atoms with Gasteiger partial charge in [0, 0.05) is 13.2 Å². The number of hydrazone groups is 1. The summed E-state index contributed by atoms with van der Waals surface area (Å²) >= 11 is 0. The molecular weight excluding hydrogens is 328 g/mol. The van der Waals surface area contributed by atoms with Gasteiger partial charge in [0.15, 0.2) is 6.61 Å². The smallest absolute Gasteiger partial charge is 0.329 e. The number of primary amides is 1. The van der Waals surface area contributed by atoms with E-state index in [9.17, 15) is 14.4 Å². The van der Waals surface area contributed by atoms with Gasteiger partial charge in [-0.2, -0.15) is 5.10 Å². The molecule has 0 radical (unpaired) electrons. The lowest BCUT2D eigenvalue weighted by molar-refractivity contribution is -0.139. The quantitative estimate of drug-likeness (QED) is 0.340. The van der Waals surface area contributed by atoms with Gasteiger partial charge in [-0.05, 0) is 30.5 Å². The number of carbonyl (C=O) groups excluding carboxylic acids is 3. The van der Waals surface area contributed by atoms with Crippen molar-refractivity contribution >= 4 is 23.9 Å². The van der Waals surface area contributed by atoms with Crippen molar-refractivity contribution in [2.24, 2.45) is 10.8 Å². The largest absolute Gasteiger partial charge is 0.484 e. The third-order valence-corrected chi connectivity index (χ3v) is 3.34. The molecule has 1 aromatic rings. The first kappa shape index (κ1) is 18.4. The molecule has 1 aliphatic rings.